The largest absolute Gasteiger partial charge is 0.314 e. The third kappa shape index (κ3) is 3.71. The Morgan fingerprint density at radius 1 is 1.45 bits per heavy atom. The quantitative estimate of drug-likeness (QED) is 0.674. The van der Waals surface area contributed by atoms with Gasteiger partial charge in [-0.25, -0.2) is 4.39 Å². The van der Waals surface area contributed by atoms with Gasteiger partial charge in [-0.1, -0.05) is 20.8 Å². The van der Waals surface area contributed by atoms with Crippen molar-refractivity contribution in [1.29, 1.82) is 0 Å². The lowest BCUT2D eigenvalue weighted by Gasteiger charge is -2.33. The van der Waals surface area contributed by atoms with Gasteiger partial charge in [0.05, 0.1) is 0 Å². The van der Waals surface area contributed by atoms with Gasteiger partial charge in [0.1, 0.15) is 5.67 Å². The predicted octanol–water partition coefficient (Wildman–Crippen LogP) is 2.76. The molecule has 1 N–H and O–H groups in total. The molecular formula is C9H22FN. The van der Waals surface area contributed by atoms with Crippen LogP contribution in [0.15, 0.2) is 0 Å². The summed E-state index contributed by atoms with van der Waals surface area (Å²) >= 11 is 0. The Labute approximate surface area is 70.9 Å². The molecule has 70 valence electrons. The molecule has 0 aliphatic heterocycles. The Kier molecular flexibility index (Phi) is 5.47. The highest BCUT2D eigenvalue weighted by atomic mass is 19.1. The molecule has 1 saturated carbocycles. The van der Waals surface area contributed by atoms with Crippen LogP contribution in [0, 0.1) is 0 Å². The van der Waals surface area contributed by atoms with Crippen molar-refractivity contribution in [3.8, 4) is 0 Å². The normalized spacial score (nSPS) is 19.6. The van der Waals surface area contributed by atoms with E-state index in [0.717, 1.165) is 25.8 Å². The van der Waals surface area contributed by atoms with Crippen LogP contribution in [-0.4, -0.2) is 18.8 Å². The van der Waals surface area contributed by atoms with Gasteiger partial charge in [0.2, 0.25) is 0 Å². The second-order valence-corrected chi connectivity index (χ2v) is 2.78. The maximum Gasteiger partial charge on any atom is 0.123 e. The number of rotatable bonds is 3. The van der Waals surface area contributed by atoms with Crippen LogP contribution in [0.2, 0.25) is 0 Å². The van der Waals surface area contributed by atoms with Gasteiger partial charge in [-0.05, 0) is 25.8 Å². The number of halogens is 1. The van der Waals surface area contributed by atoms with Gasteiger partial charge in [0.15, 0.2) is 0 Å². The lowest BCUT2D eigenvalue weighted by atomic mass is 9.82. The smallest absolute Gasteiger partial charge is 0.123 e. The Balaban J connectivity index is 0. The lowest BCUT2D eigenvalue weighted by Crippen LogP contribution is -2.42. The second-order valence-electron chi connectivity index (χ2n) is 2.78. The maximum atomic E-state index is 13.0. The molecule has 0 aromatic heterocycles. The average molecular weight is 163 g/mol. The van der Waals surface area contributed by atoms with Crippen molar-refractivity contribution < 1.29 is 5.82 Å². The SMILES string of the molecule is CC.CCNCC1(F)CCC1.[HH]. The minimum Gasteiger partial charge on any atom is -0.314 e. The van der Waals surface area contributed by atoms with Crippen LogP contribution in [0.1, 0.15) is 41.5 Å². The molecule has 1 aliphatic carbocycles. The fraction of sp³-hybridized carbons (Fsp3) is 1.00. The Morgan fingerprint density at radius 3 is 2.27 bits per heavy atom. The highest BCUT2D eigenvalue weighted by Gasteiger charge is 2.35. The van der Waals surface area contributed by atoms with E-state index in [0.29, 0.717) is 6.54 Å². The Hall–Kier alpha value is -0.110. The van der Waals surface area contributed by atoms with Gasteiger partial charge in [-0.3, -0.25) is 0 Å². The molecule has 0 heterocycles. The van der Waals surface area contributed by atoms with Crippen molar-refractivity contribution in [1.82, 2.24) is 5.32 Å². The van der Waals surface area contributed by atoms with E-state index in [1.807, 2.05) is 20.8 Å². The Morgan fingerprint density at radius 2 is 2.00 bits per heavy atom. The number of hydrogen-bond acceptors (Lipinski definition) is 1. The zero-order valence-corrected chi connectivity index (χ0v) is 7.91. The first kappa shape index (κ1) is 10.9. The van der Waals surface area contributed by atoms with E-state index in [1.54, 1.807) is 0 Å². The van der Waals surface area contributed by atoms with Gasteiger partial charge in [-0.15, -0.1) is 0 Å². The minimum absolute atomic E-state index is 0. The van der Waals surface area contributed by atoms with Crippen LogP contribution in [0.4, 0.5) is 4.39 Å². The molecular weight excluding hydrogens is 141 g/mol. The van der Waals surface area contributed by atoms with E-state index in [-0.39, 0.29) is 1.43 Å². The van der Waals surface area contributed by atoms with Gasteiger partial charge in [0.25, 0.3) is 0 Å². The van der Waals surface area contributed by atoms with E-state index in [1.165, 1.54) is 0 Å². The molecule has 0 aromatic carbocycles. The predicted molar refractivity (Wildman–Crippen MR) is 49.7 cm³/mol. The third-order valence-corrected chi connectivity index (χ3v) is 1.94. The summed E-state index contributed by atoms with van der Waals surface area (Å²) in [7, 11) is 0. The van der Waals surface area contributed by atoms with Gasteiger partial charge < -0.3 is 5.32 Å². The monoisotopic (exact) mass is 163 g/mol. The number of hydrogen-bond donors (Lipinski definition) is 1. The average Bonchev–Trinajstić information content (AvgIpc) is 2.01. The fourth-order valence-corrected chi connectivity index (χ4v) is 1.09. The van der Waals surface area contributed by atoms with E-state index in [9.17, 15) is 4.39 Å². The van der Waals surface area contributed by atoms with Crippen LogP contribution >= 0.6 is 0 Å². The minimum atomic E-state index is -0.837. The van der Waals surface area contributed by atoms with E-state index >= 15 is 0 Å². The van der Waals surface area contributed by atoms with Crippen LogP contribution in [0.3, 0.4) is 0 Å². The molecule has 0 spiro atoms. The Bertz CT molecular complexity index is 94.5. The second kappa shape index (κ2) is 5.53. The molecule has 0 radical (unpaired) electrons. The van der Waals surface area contributed by atoms with Crippen molar-refractivity contribution in [3.63, 3.8) is 0 Å². The van der Waals surface area contributed by atoms with Crippen molar-refractivity contribution in [2.45, 2.75) is 45.7 Å². The molecule has 11 heavy (non-hydrogen) atoms. The first-order valence-electron chi connectivity index (χ1n) is 4.66. The van der Waals surface area contributed by atoms with E-state index in [4.69, 9.17) is 0 Å². The molecule has 0 atom stereocenters. The van der Waals surface area contributed by atoms with Crippen LogP contribution in [0.5, 0.6) is 0 Å². The molecule has 0 unspecified atom stereocenters. The van der Waals surface area contributed by atoms with Crippen LogP contribution in [0.25, 0.3) is 0 Å². The molecule has 2 heteroatoms. The first-order valence-corrected chi connectivity index (χ1v) is 4.66. The lowest BCUT2D eigenvalue weighted by molar-refractivity contribution is 0.0640. The van der Waals surface area contributed by atoms with E-state index in [2.05, 4.69) is 5.32 Å². The molecule has 1 rings (SSSR count). The highest BCUT2D eigenvalue weighted by molar-refractivity contribution is 4.89. The van der Waals surface area contributed by atoms with Crippen LogP contribution < -0.4 is 5.32 Å². The zero-order valence-electron chi connectivity index (χ0n) is 7.91. The molecule has 1 aliphatic rings. The number of nitrogens with one attached hydrogen (secondary N) is 1. The summed E-state index contributed by atoms with van der Waals surface area (Å²) < 4.78 is 13.0. The first-order chi connectivity index (χ1) is 5.27. The zero-order chi connectivity index (χ0) is 8.74. The summed E-state index contributed by atoms with van der Waals surface area (Å²) in [5, 5.41) is 3.02. The van der Waals surface area contributed by atoms with Gasteiger partial charge in [-0.2, -0.15) is 0 Å². The van der Waals surface area contributed by atoms with Crippen molar-refractivity contribution in [2.75, 3.05) is 13.1 Å². The summed E-state index contributed by atoms with van der Waals surface area (Å²) in [5.41, 5.74) is -0.837. The standard InChI is InChI=1S/C7H14FN.C2H6.H2/c1-2-9-6-7(8)4-3-5-7;1-2;/h9H,2-6H2,1H3;1-2H3;1H. The van der Waals surface area contributed by atoms with Crippen LogP contribution in [-0.2, 0) is 0 Å². The summed E-state index contributed by atoms with van der Waals surface area (Å²) in [4.78, 5) is 0. The van der Waals surface area contributed by atoms with Crippen molar-refractivity contribution >= 4 is 0 Å². The molecule has 1 nitrogen and oxygen atoms in total. The maximum absolute atomic E-state index is 13.0. The molecule has 0 bridgehead atoms. The molecule has 1 fully saturated rings. The van der Waals surface area contributed by atoms with E-state index < -0.39 is 5.67 Å². The van der Waals surface area contributed by atoms with Gasteiger partial charge in [0, 0.05) is 7.97 Å². The third-order valence-electron chi connectivity index (χ3n) is 1.94. The molecule has 0 aromatic rings. The molecule has 0 amide bonds. The van der Waals surface area contributed by atoms with Crippen molar-refractivity contribution in [3.05, 3.63) is 0 Å². The summed E-state index contributed by atoms with van der Waals surface area (Å²) in [5.74, 6) is 0. The van der Waals surface area contributed by atoms with Gasteiger partial charge >= 0.3 is 0 Å². The summed E-state index contributed by atoms with van der Waals surface area (Å²) in [6.45, 7) is 7.44. The summed E-state index contributed by atoms with van der Waals surface area (Å²) in [6, 6.07) is 0. The fourth-order valence-electron chi connectivity index (χ4n) is 1.09. The molecule has 0 saturated heterocycles. The number of alkyl halides is 1. The highest BCUT2D eigenvalue weighted by Crippen LogP contribution is 2.34. The summed E-state index contributed by atoms with van der Waals surface area (Å²) in [6.07, 6.45) is 2.60. The van der Waals surface area contributed by atoms with Crippen molar-refractivity contribution in [2.24, 2.45) is 0 Å². The topological polar surface area (TPSA) is 12.0 Å².